The fraction of sp³-hybridized carbons (Fsp3) is 0.125. The molecule has 1 aromatic heterocycles. The summed E-state index contributed by atoms with van der Waals surface area (Å²) >= 11 is 19.1. The highest BCUT2D eigenvalue weighted by atomic mass is 35.5. The number of benzene rings is 2. The van der Waals surface area contributed by atoms with Gasteiger partial charge in [-0.25, -0.2) is 18.5 Å². The van der Waals surface area contributed by atoms with Gasteiger partial charge in [0.1, 0.15) is 0 Å². The highest BCUT2D eigenvalue weighted by molar-refractivity contribution is 7.99. The van der Waals surface area contributed by atoms with Crippen molar-refractivity contribution < 1.29 is 13.2 Å². The summed E-state index contributed by atoms with van der Waals surface area (Å²) in [7, 11) is -2.06. The zero-order valence-corrected chi connectivity index (χ0v) is 18.1. The Bertz CT molecular complexity index is 1170. The fourth-order valence-electron chi connectivity index (χ4n) is 2.43. The molecule has 0 unspecified atom stereocenters. The van der Waals surface area contributed by atoms with Crippen LogP contribution in [-0.4, -0.2) is 29.6 Å². The standard InChI is InChI=1S/C16H13Cl3N4O3S2/c1-23-13-3-2-9(28(20,25)26)6-12(13)21-16(23)27-7-14(24)22-15-10(18)4-8(17)5-11(15)19/h2-6H,7H2,1H3,(H,22,24)(H2,20,25,26). The molecular formula is C16H13Cl3N4O3S2. The molecule has 0 atom stereocenters. The smallest absolute Gasteiger partial charge is 0.238 e. The molecule has 0 saturated heterocycles. The second-order valence-electron chi connectivity index (χ2n) is 5.73. The van der Waals surface area contributed by atoms with Gasteiger partial charge in [0.25, 0.3) is 0 Å². The number of sulfonamides is 1. The first-order chi connectivity index (χ1) is 13.1. The molecule has 28 heavy (non-hydrogen) atoms. The summed E-state index contributed by atoms with van der Waals surface area (Å²) in [6, 6.07) is 7.37. The van der Waals surface area contributed by atoms with Crippen molar-refractivity contribution in [2.45, 2.75) is 10.1 Å². The number of nitrogens with zero attached hydrogens (tertiary/aromatic N) is 2. The minimum absolute atomic E-state index is 0.0283. The zero-order valence-electron chi connectivity index (χ0n) is 14.2. The van der Waals surface area contributed by atoms with Crippen molar-refractivity contribution in [3.8, 4) is 0 Å². The molecule has 3 N–H and O–H groups in total. The topological polar surface area (TPSA) is 107 Å². The van der Waals surface area contributed by atoms with E-state index in [1.54, 1.807) is 17.7 Å². The quantitative estimate of drug-likeness (QED) is 0.540. The number of hydrogen-bond donors (Lipinski definition) is 2. The third kappa shape index (κ3) is 4.56. The third-order valence-corrected chi connectivity index (χ3v) is 6.50. The van der Waals surface area contributed by atoms with Crippen LogP contribution in [0.1, 0.15) is 0 Å². The molecular weight excluding hydrogens is 467 g/mol. The third-order valence-electron chi connectivity index (χ3n) is 3.74. The molecule has 0 fully saturated rings. The molecule has 0 aliphatic rings. The number of primary sulfonamides is 1. The van der Waals surface area contributed by atoms with Crippen LogP contribution in [0, 0.1) is 0 Å². The highest BCUT2D eigenvalue weighted by Crippen LogP contribution is 2.34. The van der Waals surface area contributed by atoms with E-state index in [-0.39, 0.29) is 32.3 Å². The van der Waals surface area contributed by atoms with E-state index in [9.17, 15) is 13.2 Å². The molecule has 12 heteroatoms. The first kappa shape index (κ1) is 21.2. The lowest BCUT2D eigenvalue weighted by Crippen LogP contribution is -2.15. The first-order valence-corrected chi connectivity index (χ1v) is 11.3. The van der Waals surface area contributed by atoms with Crippen LogP contribution in [0.2, 0.25) is 15.1 Å². The molecule has 1 amide bonds. The second kappa shape index (κ2) is 8.10. The van der Waals surface area contributed by atoms with Crippen LogP contribution < -0.4 is 10.5 Å². The van der Waals surface area contributed by atoms with Crippen LogP contribution in [0.3, 0.4) is 0 Å². The molecule has 3 rings (SSSR count). The van der Waals surface area contributed by atoms with E-state index < -0.39 is 10.0 Å². The Morgan fingerprint density at radius 3 is 2.46 bits per heavy atom. The average molecular weight is 480 g/mol. The number of nitrogens with one attached hydrogen (secondary N) is 1. The summed E-state index contributed by atoms with van der Waals surface area (Å²) in [6.45, 7) is 0. The maximum atomic E-state index is 12.3. The normalized spacial score (nSPS) is 11.8. The minimum atomic E-state index is -3.82. The number of nitrogens with two attached hydrogens (primary N) is 1. The Morgan fingerprint density at radius 1 is 1.21 bits per heavy atom. The van der Waals surface area contributed by atoms with E-state index in [2.05, 4.69) is 10.3 Å². The molecule has 0 spiro atoms. The SMILES string of the molecule is Cn1c(SCC(=O)Nc2c(Cl)cc(Cl)cc2Cl)nc2cc(S(N)(=O)=O)ccc21. The van der Waals surface area contributed by atoms with E-state index in [1.165, 1.54) is 36.0 Å². The van der Waals surface area contributed by atoms with Crippen molar-refractivity contribution in [2.75, 3.05) is 11.1 Å². The van der Waals surface area contributed by atoms with E-state index in [0.29, 0.717) is 21.2 Å². The van der Waals surface area contributed by atoms with Crippen LogP contribution >= 0.6 is 46.6 Å². The number of fused-ring (bicyclic) bond motifs is 1. The Kier molecular flexibility index (Phi) is 6.14. The van der Waals surface area contributed by atoms with Gasteiger partial charge in [0.05, 0.1) is 37.4 Å². The predicted octanol–water partition coefficient (Wildman–Crippen LogP) is 3.91. The van der Waals surface area contributed by atoms with Crippen LogP contribution in [0.15, 0.2) is 40.4 Å². The largest absolute Gasteiger partial charge is 0.323 e. The summed E-state index contributed by atoms with van der Waals surface area (Å²) in [5.74, 6) is -0.303. The van der Waals surface area contributed by atoms with Gasteiger partial charge in [-0.1, -0.05) is 46.6 Å². The van der Waals surface area contributed by atoms with Crippen LogP contribution in [0.5, 0.6) is 0 Å². The summed E-state index contributed by atoms with van der Waals surface area (Å²) in [4.78, 5) is 16.6. The first-order valence-electron chi connectivity index (χ1n) is 7.62. The fourth-order valence-corrected chi connectivity index (χ4v) is 4.66. The van der Waals surface area contributed by atoms with E-state index in [0.717, 1.165) is 0 Å². The number of anilines is 1. The maximum Gasteiger partial charge on any atom is 0.238 e. The van der Waals surface area contributed by atoms with Gasteiger partial charge in [-0.15, -0.1) is 0 Å². The number of thioether (sulfide) groups is 1. The van der Waals surface area contributed by atoms with Crippen molar-refractivity contribution in [3.05, 3.63) is 45.4 Å². The molecule has 3 aromatic rings. The summed E-state index contributed by atoms with van der Waals surface area (Å²) in [5, 5.41) is 9.15. The molecule has 0 bridgehead atoms. The van der Waals surface area contributed by atoms with Crippen LogP contribution in [-0.2, 0) is 21.9 Å². The Balaban J connectivity index is 1.76. The van der Waals surface area contributed by atoms with Gasteiger partial charge in [0.2, 0.25) is 15.9 Å². The number of amides is 1. The van der Waals surface area contributed by atoms with Crippen LogP contribution in [0.25, 0.3) is 11.0 Å². The molecule has 7 nitrogen and oxygen atoms in total. The number of carbonyl (C=O) groups excluding carboxylic acids is 1. The second-order valence-corrected chi connectivity index (χ2v) is 9.48. The van der Waals surface area contributed by atoms with Gasteiger partial charge in [-0.2, -0.15) is 0 Å². The molecule has 0 saturated carbocycles. The summed E-state index contributed by atoms with van der Waals surface area (Å²) in [6.07, 6.45) is 0. The number of hydrogen-bond acceptors (Lipinski definition) is 5. The van der Waals surface area contributed by atoms with Crippen molar-refractivity contribution in [2.24, 2.45) is 12.2 Å². The van der Waals surface area contributed by atoms with Crippen LogP contribution in [0.4, 0.5) is 5.69 Å². The lowest BCUT2D eigenvalue weighted by Gasteiger charge is -2.09. The Morgan fingerprint density at radius 2 is 1.86 bits per heavy atom. The number of imidazole rings is 1. The van der Waals surface area contributed by atoms with Gasteiger partial charge < -0.3 is 9.88 Å². The molecule has 0 radical (unpaired) electrons. The summed E-state index contributed by atoms with van der Waals surface area (Å²) in [5.41, 5.74) is 1.45. The van der Waals surface area contributed by atoms with Gasteiger partial charge >= 0.3 is 0 Å². The number of rotatable bonds is 5. The molecule has 0 aliphatic carbocycles. The zero-order chi connectivity index (χ0) is 20.6. The van der Waals surface area contributed by atoms with Crippen molar-refractivity contribution in [3.63, 3.8) is 0 Å². The molecule has 2 aromatic carbocycles. The molecule has 0 aliphatic heterocycles. The van der Waals surface area contributed by atoms with Gasteiger partial charge in [-0.05, 0) is 30.3 Å². The number of carbonyl (C=O) groups is 1. The van der Waals surface area contributed by atoms with E-state index in [1.807, 2.05) is 0 Å². The predicted molar refractivity (Wildman–Crippen MR) is 113 cm³/mol. The van der Waals surface area contributed by atoms with Gasteiger partial charge in [0.15, 0.2) is 5.16 Å². The summed E-state index contributed by atoms with van der Waals surface area (Å²) < 4.78 is 24.7. The minimum Gasteiger partial charge on any atom is -0.323 e. The Hall–Kier alpha value is -1.49. The Labute approximate surface area is 180 Å². The van der Waals surface area contributed by atoms with Gasteiger partial charge in [0, 0.05) is 12.1 Å². The number of aryl methyl sites for hydroxylation is 1. The van der Waals surface area contributed by atoms with E-state index >= 15 is 0 Å². The van der Waals surface area contributed by atoms with Crippen molar-refractivity contribution in [1.82, 2.24) is 9.55 Å². The monoisotopic (exact) mass is 478 g/mol. The molecule has 148 valence electrons. The number of halogens is 3. The lowest BCUT2D eigenvalue weighted by molar-refractivity contribution is -0.113. The average Bonchev–Trinajstić information content (AvgIpc) is 2.91. The number of aromatic nitrogens is 2. The van der Waals surface area contributed by atoms with Crippen molar-refractivity contribution >= 4 is 79.2 Å². The van der Waals surface area contributed by atoms with Gasteiger partial charge in [-0.3, -0.25) is 4.79 Å². The lowest BCUT2D eigenvalue weighted by atomic mass is 10.3. The van der Waals surface area contributed by atoms with Crippen molar-refractivity contribution in [1.29, 1.82) is 0 Å². The molecule has 1 heterocycles. The van der Waals surface area contributed by atoms with E-state index in [4.69, 9.17) is 39.9 Å². The highest BCUT2D eigenvalue weighted by Gasteiger charge is 2.16. The maximum absolute atomic E-state index is 12.3.